The minimum Gasteiger partial charge on any atom is -0.305 e. The van der Waals surface area contributed by atoms with Crippen LogP contribution in [0.15, 0.2) is 116 Å². The fourth-order valence-electron chi connectivity index (χ4n) is 4.59. The van der Waals surface area contributed by atoms with Gasteiger partial charge in [0.25, 0.3) is 0 Å². The second-order valence-corrected chi connectivity index (χ2v) is 11.2. The molecule has 5 rings (SSSR count). The van der Waals surface area contributed by atoms with E-state index in [0.717, 1.165) is 28.9 Å². The molecule has 3 aromatic carbocycles. The Morgan fingerprint density at radius 1 is 0.641 bits per heavy atom. The Kier molecular flexibility index (Phi) is 10.5. The van der Waals surface area contributed by atoms with Crippen LogP contribution in [0.3, 0.4) is 0 Å². The van der Waals surface area contributed by atoms with Gasteiger partial charge < -0.3 is 9.97 Å². The molecule has 0 aliphatic rings. The van der Waals surface area contributed by atoms with Gasteiger partial charge in [0, 0.05) is 32.5 Å². The Morgan fingerprint density at radius 3 is 2.00 bits per heavy atom. The zero-order valence-corrected chi connectivity index (χ0v) is 25.8. The number of nitrogens with zero attached hydrogens (tertiary/aromatic N) is 2. The summed E-state index contributed by atoms with van der Waals surface area (Å²) in [6.45, 7) is 11.3. The molecule has 2 heterocycles. The summed E-state index contributed by atoms with van der Waals surface area (Å²) in [5.41, 5.74) is 8.20. The SMILES string of the molecule is CC(C)(C)Cc1ccnc(-c2[c-]cccc2)c1.CC(C)(c1ccccc1)c1ccc[c-]c1-c1ccccn1.[Ir]. The van der Waals surface area contributed by atoms with Crippen LogP contribution in [0.1, 0.15) is 51.3 Å². The third-order valence-electron chi connectivity index (χ3n) is 6.49. The van der Waals surface area contributed by atoms with Crippen molar-refractivity contribution in [2.24, 2.45) is 5.41 Å². The van der Waals surface area contributed by atoms with Crippen LogP contribution in [0.5, 0.6) is 0 Å². The second kappa shape index (κ2) is 13.6. The maximum absolute atomic E-state index is 4.49. The van der Waals surface area contributed by atoms with Gasteiger partial charge in [-0.25, -0.2) is 0 Å². The van der Waals surface area contributed by atoms with Gasteiger partial charge in [-0.1, -0.05) is 88.7 Å². The summed E-state index contributed by atoms with van der Waals surface area (Å²) in [5, 5.41) is 0. The maximum Gasteiger partial charge on any atom is 0.0163 e. The fraction of sp³-hybridized carbons (Fsp3) is 0.222. The number of benzene rings is 3. The summed E-state index contributed by atoms with van der Waals surface area (Å²) in [6, 6.07) is 41.5. The molecule has 5 aromatic rings. The third-order valence-corrected chi connectivity index (χ3v) is 6.49. The number of rotatable bonds is 5. The molecule has 201 valence electrons. The van der Waals surface area contributed by atoms with Crippen molar-refractivity contribution in [3.8, 4) is 22.5 Å². The number of pyridine rings is 2. The van der Waals surface area contributed by atoms with Crippen LogP contribution in [0.4, 0.5) is 0 Å². The molecule has 39 heavy (non-hydrogen) atoms. The van der Waals surface area contributed by atoms with Crippen molar-refractivity contribution in [1.82, 2.24) is 9.97 Å². The zero-order valence-electron chi connectivity index (χ0n) is 23.4. The average molecular weight is 689 g/mol. The minimum absolute atomic E-state index is 0. The topological polar surface area (TPSA) is 25.8 Å². The van der Waals surface area contributed by atoms with E-state index in [4.69, 9.17) is 0 Å². The van der Waals surface area contributed by atoms with Crippen LogP contribution < -0.4 is 0 Å². The van der Waals surface area contributed by atoms with Crippen LogP contribution in [-0.4, -0.2) is 9.97 Å². The number of hydrogen-bond donors (Lipinski definition) is 0. The van der Waals surface area contributed by atoms with Gasteiger partial charge in [0.15, 0.2) is 0 Å². The molecule has 0 amide bonds. The van der Waals surface area contributed by atoms with E-state index in [1.807, 2.05) is 67.0 Å². The van der Waals surface area contributed by atoms with E-state index < -0.39 is 0 Å². The zero-order chi connectivity index (χ0) is 27.0. The summed E-state index contributed by atoms with van der Waals surface area (Å²) >= 11 is 0. The van der Waals surface area contributed by atoms with Gasteiger partial charge in [-0.05, 0) is 46.3 Å². The van der Waals surface area contributed by atoms with E-state index in [2.05, 4.69) is 105 Å². The predicted octanol–water partition coefficient (Wildman–Crippen LogP) is 9.01. The Bertz CT molecular complexity index is 1420. The summed E-state index contributed by atoms with van der Waals surface area (Å²) < 4.78 is 0. The molecule has 0 atom stereocenters. The first-order chi connectivity index (χ1) is 18.2. The first-order valence-corrected chi connectivity index (χ1v) is 13.1. The first kappa shape index (κ1) is 30.2. The van der Waals surface area contributed by atoms with Crippen LogP contribution >= 0.6 is 0 Å². The molecular weight excluding hydrogens is 653 g/mol. The molecule has 0 fully saturated rings. The summed E-state index contributed by atoms with van der Waals surface area (Å²) in [7, 11) is 0. The molecule has 2 aromatic heterocycles. The predicted molar refractivity (Wildman–Crippen MR) is 159 cm³/mol. The number of aromatic nitrogens is 2. The molecule has 0 spiro atoms. The normalized spacial score (nSPS) is 11.1. The van der Waals surface area contributed by atoms with Crippen LogP contribution in [-0.2, 0) is 31.9 Å². The van der Waals surface area contributed by atoms with Gasteiger partial charge in [-0.3, -0.25) is 0 Å². The standard InChI is InChI=1S/C20H18N.C16H18N.Ir/c1-20(2,16-10-4-3-5-11-16)18-13-7-6-12-17(18)19-14-8-9-15-21-19;1-16(2,3)12-13-9-10-17-15(11-13)14-7-5-4-6-8-14;/h3-11,13-15H,1-2H3;4-7,9-11H,12H2,1-3H3;/q2*-1;. The Hall–Kier alpha value is -3.39. The van der Waals surface area contributed by atoms with E-state index in [1.165, 1.54) is 16.7 Å². The van der Waals surface area contributed by atoms with Gasteiger partial charge in [-0.15, -0.1) is 71.3 Å². The van der Waals surface area contributed by atoms with Crippen molar-refractivity contribution in [2.45, 2.75) is 46.5 Å². The fourth-order valence-corrected chi connectivity index (χ4v) is 4.59. The molecule has 0 aliphatic carbocycles. The van der Waals surface area contributed by atoms with Crippen LogP contribution in [0.2, 0.25) is 0 Å². The smallest absolute Gasteiger partial charge is 0.0163 e. The monoisotopic (exact) mass is 689 g/mol. The molecule has 0 unspecified atom stereocenters. The Labute approximate surface area is 248 Å². The summed E-state index contributed by atoms with van der Waals surface area (Å²) in [5.74, 6) is 0. The third kappa shape index (κ3) is 8.29. The van der Waals surface area contributed by atoms with E-state index in [9.17, 15) is 0 Å². The molecule has 0 aliphatic heterocycles. The molecule has 0 saturated carbocycles. The second-order valence-electron chi connectivity index (χ2n) is 11.2. The van der Waals surface area contributed by atoms with Crippen molar-refractivity contribution in [3.63, 3.8) is 0 Å². The van der Waals surface area contributed by atoms with Crippen molar-refractivity contribution in [2.75, 3.05) is 0 Å². The molecular formula is C36H36IrN2-2. The van der Waals surface area contributed by atoms with Gasteiger partial charge in [0.2, 0.25) is 0 Å². The first-order valence-electron chi connectivity index (χ1n) is 13.1. The van der Waals surface area contributed by atoms with Crippen molar-refractivity contribution < 1.29 is 20.1 Å². The number of hydrogen-bond acceptors (Lipinski definition) is 2. The van der Waals surface area contributed by atoms with Crippen molar-refractivity contribution in [3.05, 3.63) is 144 Å². The van der Waals surface area contributed by atoms with Gasteiger partial charge in [0.1, 0.15) is 0 Å². The average Bonchev–Trinajstić information content (AvgIpc) is 2.94. The van der Waals surface area contributed by atoms with E-state index in [0.29, 0.717) is 5.41 Å². The van der Waals surface area contributed by atoms with Gasteiger partial charge in [0.05, 0.1) is 0 Å². The molecule has 0 bridgehead atoms. The maximum atomic E-state index is 4.49. The quantitative estimate of drug-likeness (QED) is 0.172. The van der Waals surface area contributed by atoms with Crippen LogP contribution in [0.25, 0.3) is 22.5 Å². The van der Waals surface area contributed by atoms with Crippen molar-refractivity contribution in [1.29, 1.82) is 0 Å². The molecule has 3 heteroatoms. The van der Waals surface area contributed by atoms with E-state index in [-0.39, 0.29) is 25.5 Å². The Morgan fingerprint density at radius 2 is 1.33 bits per heavy atom. The Balaban J connectivity index is 0.000000215. The van der Waals surface area contributed by atoms with Crippen molar-refractivity contribution >= 4 is 0 Å². The summed E-state index contributed by atoms with van der Waals surface area (Å²) in [6.07, 6.45) is 4.78. The van der Waals surface area contributed by atoms with Gasteiger partial charge >= 0.3 is 0 Å². The van der Waals surface area contributed by atoms with E-state index in [1.54, 1.807) is 0 Å². The molecule has 1 radical (unpaired) electrons. The van der Waals surface area contributed by atoms with E-state index >= 15 is 0 Å². The van der Waals surface area contributed by atoms with Crippen LogP contribution in [0, 0.1) is 17.5 Å². The molecule has 2 nitrogen and oxygen atoms in total. The largest absolute Gasteiger partial charge is 0.305 e. The summed E-state index contributed by atoms with van der Waals surface area (Å²) in [4.78, 5) is 8.89. The molecule has 0 N–H and O–H groups in total. The van der Waals surface area contributed by atoms with Gasteiger partial charge in [-0.2, -0.15) is 0 Å². The molecule has 0 saturated heterocycles. The minimum atomic E-state index is -0.0914.